The van der Waals surface area contributed by atoms with E-state index < -0.39 is 6.04 Å². The van der Waals surface area contributed by atoms with Crippen LogP contribution in [0.25, 0.3) is 26.5 Å². The number of anilines is 1. The standard InChI is InChI=1S/C34H27ClN6O3S2/c1-39-30-29(22-9-13-26(14-10-22)43-15-16-44-34(42)28(37)17-21-5-3-2-4-6-21)27(18-36)33(41-31(30)38)46-20-25-19-45-32(40-25)23-7-11-24(35)12-8-23/h2-14,19,28H,15-17,20,37H2,(H2,38,41)/p+1/t28-/m0/s1. The van der Waals surface area contributed by atoms with Gasteiger partial charge in [-0.15, -0.1) is 11.3 Å². The van der Waals surface area contributed by atoms with Crippen molar-refractivity contribution in [3.05, 3.63) is 118 Å². The SMILES string of the molecule is [C-]#[N+]c1c(N)nc(SCc2csc(-c3ccc(Cl)cc3)n2)c(C#N)c1-c1ccc(OCCOC(=O)[C@@H]([NH3+])Cc2ccccc2)cc1. The van der Waals surface area contributed by atoms with Crippen LogP contribution >= 0.6 is 34.7 Å². The Labute approximate surface area is 279 Å². The van der Waals surface area contributed by atoms with Crippen molar-refractivity contribution < 1.29 is 20.0 Å². The number of thiazole rings is 1. The molecule has 0 radical (unpaired) electrons. The molecule has 5 aromatic rings. The number of ether oxygens (including phenoxy) is 2. The van der Waals surface area contributed by atoms with Gasteiger partial charge in [-0.05, 0) is 35.4 Å². The lowest BCUT2D eigenvalue weighted by atomic mass is 10.00. The van der Waals surface area contributed by atoms with E-state index in [0.717, 1.165) is 21.8 Å². The fourth-order valence-corrected chi connectivity index (χ4v) is 6.48. The van der Waals surface area contributed by atoms with E-state index in [-0.39, 0.29) is 36.3 Å². The normalized spacial score (nSPS) is 11.3. The number of aromatic nitrogens is 2. The molecule has 0 aliphatic heterocycles. The number of pyridine rings is 1. The van der Waals surface area contributed by atoms with Crippen LogP contribution in [0.1, 0.15) is 16.8 Å². The first-order valence-electron chi connectivity index (χ1n) is 14.1. The van der Waals surface area contributed by atoms with Gasteiger partial charge in [0.05, 0.1) is 17.8 Å². The van der Waals surface area contributed by atoms with Crippen molar-refractivity contribution in [2.24, 2.45) is 0 Å². The highest BCUT2D eigenvalue weighted by atomic mass is 35.5. The first-order chi connectivity index (χ1) is 22.4. The second kappa shape index (κ2) is 15.4. The highest BCUT2D eigenvalue weighted by Crippen LogP contribution is 2.42. The molecule has 0 aliphatic rings. The lowest BCUT2D eigenvalue weighted by Gasteiger charge is -2.14. The van der Waals surface area contributed by atoms with Crippen LogP contribution in [0, 0.1) is 17.9 Å². The van der Waals surface area contributed by atoms with Gasteiger partial charge in [-0.25, -0.2) is 19.6 Å². The van der Waals surface area contributed by atoms with Gasteiger partial charge in [-0.1, -0.05) is 78.0 Å². The van der Waals surface area contributed by atoms with Crippen LogP contribution in [-0.4, -0.2) is 35.2 Å². The summed E-state index contributed by atoms with van der Waals surface area (Å²) in [4.78, 5) is 25.0. The Morgan fingerprint density at radius 1 is 1.07 bits per heavy atom. The van der Waals surface area contributed by atoms with E-state index in [1.54, 1.807) is 24.3 Å². The molecule has 9 nitrogen and oxygen atoms in total. The molecule has 0 saturated carbocycles. The smallest absolute Gasteiger partial charge is 0.365 e. The number of hydrogen-bond acceptors (Lipinski definition) is 9. The first-order valence-corrected chi connectivity index (χ1v) is 16.3. The highest BCUT2D eigenvalue weighted by molar-refractivity contribution is 7.98. The third kappa shape index (κ3) is 8.02. The second-order valence-electron chi connectivity index (χ2n) is 9.99. The van der Waals surface area contributed by atoms with Gasteiger partial charge in [0.2, 0.25) is 5.69 Å². The summed E-state index contributed by atoms with van der Waals surface area (Å²) in [6.07, 6.45) is 0.495. The molecule has 2 aromatic heterocycles. The van der Waals surface area contributed by atoms with E-state index in [0.29, 0.717) is 39.1 Å². The zero-order chi connectivity index (χ0) is 32.5. The van der Waals surface area contributed by atoms with Crippen LogP contribution in [-0.2, 0) is 21.7 Å². The molecule has 0 bridgehead atoms. The van der Waals surface area contributed by atoms with Gasteiger partial charge in [0.25, 0.3) is 0 Å². The number of quaternary nitrogens is 1. The third-order valence-corrected chi connectivity index (χ3v) is 8.99. The van der Waals surface area contributed by atoms with Gasteiger partial charge in [0.15, 0.2) is 6.04 Å². The number of thioether (sulfide) groups is 1. The maximum absolute atomic E-state index is 12.3. The minimum atomic E-state index is -0.517. The van der Waals surface area contributed by atoms with E-state index in [4.69, 9.17) is 38.4 Å². The topological polar surface area (TPSA) is 143 Å². The number of benzene rings is 3. The summed E-state index contributed by atoms with van der Waals surface area (Å²) in [5.74, 6) is 0.652. The molecule has 46 heavy (non-hydrogen) atoms. The molecular weight excluding hydrogens is 640 g/mol. The van der Waals surface area contributed by atoms with Crippen molar-refractivity contribution in [3.8, 4) is 33.5 Å². The van der Waals surface area contributed by atoms with Crippen molar-refractivity contribution >= 4 is 52.2 Å². The van der Waals surface area contributed by atoms with Gasteiger partial charge < -0.3 is 20.9 Å². The quantitative estimate of drug-likeness (QED) is 0.0656. The number of esters is 1. The highest BCUT2D eigenvalue weighted by Gasteiger charge is 2.22. The minimum Gasteiger partial charge on any atom is -0.490 e. The number of hydrogen-bond donors (Lipinski definition) is 2. The first kappa shape index (κ1) is 32.5. The molecule has 0 spiro atoms. The average molecular weight is 668 g/mol. The van der Waals surface area contributed by atoms with Gasteiger partial charge in [-0.3, -0.25) is 0 Å². The van der Waals surface area contributed by atoms with E-state index in [1.165, 1.54) is 23.1 Å². The Balaban J connectivity index is 1.23. The van der Waals surface area contributed by atoms with Crippen LogP contribution in [0.5, 0.6) is 5.75 Å². The lowest BCUT2D eigenvalue weighted by Crippen LogP contribution is -2.66. The van der Waals surface area contributed by atoms with E-state index in [1.807, 2.05) is 60.0 Å². The van der Waals surface area contributed by atoms with Gasteiger partial charge in [0, 0.05) is 33.7 Å². The molecule has 0 amide bonds. The number of nitrogens with zero attached hydrogens (tertiary/aromatic N) is 4. The Hall–Kier alpha value is -4.91. The van der Waals surface area contributed by atoms with Gasteiger partial charge >= 0.3 is 5.97 Å². The zero-order valence-electron chi connectivity index (χ0n) is 24.5. The molecule has 3 aromatic carbocycles. The Morgan fingerprint density at radius 3 is 2.48 bits per heavy atom. The Morgan fingerprint density at radius 2 is 1.78 bits per heavy atom. The maximum Gasteiger partial charge on any atom is 0.365 e. The summed E-state index contributed by atoms with van der Waals surface area (Å²) >= 11 is 8.86. The largest absolute Gasteiger partial charge is 0.490 e. The van der Waals surface area contributed by atoms with E-state index in [9.17, 15) is 10.1 Å². The van der Waals surface area contributed by atoms with Crippen LogP contribution in [0.4, 0.5) is 11.5 Å². The average Bonchev–Trinajstić information content (AvgIpc) is 3.55. The molecule has 230 valence electrons. The monoisotopic (exact) mass is 667 g/mol. The molecular formula is C34H28ClN6O3S2+. The number of nitriles is 1. The summed E-state index contributed by atoms with van der Waals surface area (Å²) in [6.45, 7) is 7.96. The molecule has 5 N–H and O–H groups in total. The van der Waals surface area contributed by atoms with Crippen molar-refractivity contribution in [1.29, 1.82) is 5.26 Å². The molecule has 0 fully saturated rings. The molecule has 0 aliphatic carbocycles. The van der Waals surface area contributed by atoms with Crippen molar-refractivity contribution in [3.63, 3.8) is 0 Å². The van der Waals surface area contributed by atoms with Crippen LogP contribution in [0.2, 0.25) is 5.02 Å². The molecule has 2 heterocycles. The number of nitrogens with two attached hydrogens (primary N) is 1. The van der Waals surface area contributed by atoms with Gasteiger partial charge in [-0.2, -0.15) is 5.26 Å². The van der Waals surface area contributed by atoms with Crippen molar-refractivity contribution in [2.45, 2.75) is 23.2 Å². The van der Waals surface area contributed by atoms with Crippen LogP contribution < -0.4 is 16.2 Å². The van der Waals surface area contributed by atoms with E-state index >= 15 is 0 Å². The van der Waals surface area contributed by atoms with Crippen molar-refractivity contribution in [1.82, 2.24) is 9.97 Å². The van der Waals surface area contributed by atoms with Crippen LogP contribution in [0.15, 0.2) is 89.3 Å². The molecule has 5 rings (SSSR count). The summed E-state index contributed by atoms with van der Waals surface area (Å²) in [6, 6.07) is 25.8. The minimum absolute atomic E-state index is 0.0461. The predicted octanol–water partition coefficient (Wildman–Crippen LogP) is 6.60. The Kier molecular flexibility index (Phi) is 10.9. The fraction of sp³-hybridized carbons (Fsp3) is 0.147. The summed E-state index contributed by atoms with van der Waals surface area (Å²) in [5.41, 5.74) is 14.3. The maximum atomic E-state index is 12.3. The Bertz CT molecular complexity index is 1900. The van der Waals surface area contributed by atoms with E-state index in [2.05, 4.69) is 21.6 Å². The molecule has 0 saturated heterocycles. The van der Waals surface area contributed by atoms with Crippen LogP contribution in [0.3, 0.4) is 0 Å². The summed E-state index contributed by atoms with van der Waals surface area (Å²) in [5, 5.41) is 14.1. The lowest BCUT2D eigenvalue weighted by molar-refractivity contribution is -0.407. The third-order valence-electron chi connectivity index (χ3n) is 6.79. The number of carbonyl (C=O) groups is 1. The van der Waals surface area contributed by atoms with Crippen molar-refractivity contribution in [2.75, 3.05) is 18.9 Å². The number of rotatable bonds is 12. The fourth-order valence-electron chi connectivity index (χ4n) is 4.53. The number of halogens is 1. The second-order valence-corrected chi connectivity index (χ2v) is 12.2. The molecule has 12 heteroatoms. The number of carbonyl (C=O) groups excluding carboxylic acids is 1. The van der Waals surface area contributed by atoms with Gasteiger partial charge in [0.1, 0.15) is 40.9 Å². The number of nitrogen functional groups attached to an aromatic ring is 1. The zero-order valence-corrected chi connectivity index (χ0v) is 26.9. The molecule has 1 atom stereocenters. The predicted molar refractivity (Wildman–Crippen MR) is 180 cm³/mol. The summed E-state index contributed by atoms with van der Waals surface area (Å²) < 4.78 is 11.1. The summed E-state index contributed by atoms with van der Waals surface area (Å²) in [7, 11) is 0. The molecule has 0 unspecified atom stereocenters.